The minimum absolute atomic E-state index is 0. The number of allylic oxidation sites excluding steroid dienone is 1. The van der Waals surface area contributed by atoms with E-state index >= 15 is 0 Å². The predicted molar refractivity (Wildman–Crippen MR) is 87.5 cm³/mol. The third kappa shape index (κ3) is 1.91. The zero-order chi connectivity index (χ0) is 13.9. The van der Waals surface area contributed by atoms with Gasteiger partial charge in [-0.15, -0.1) is 17.0 Å². The number of hydrogen-bond donors (Lipinski definition) is 0. The number of likely N-dealkylation sites (N-methyl/N-ethyl adjacent to an activating group) is 1. The average molecular weight is 318 g/mol. The topological polar surface area (TPSA) is 3.24 Å². The molecule has 1 unspecified atom stereocenters. The molecule has 0 aromatic heterocycles. The molecule has 2 heteroatoms. The third-order valence-corrected chi connectivity index (χ3v) is 6.80. The van der Waals surface area contributed by atoms with Gasteiger partial charge in [-0.1, -0.05) is 53.2 Å². The van der Waals surface area contributed by atoms with Crippen LogP contribution in [-0.4, -0.2) is 24.5 Å². The highest BCUT2D eigenvalue weighted by Gasteiger charge is 2.59. The van der Waals surface area contributed by atoms with E-state index in [0.717, 1.165) is 0 Å². The van der Waals surface area contributed by atoms with Crippen LogP contribution in [0.15, 0.2) is 11.6 Å². The van der Waals surface area contributed by atoms with Crippen molar-refractivity contribution >= 4 is 17.0 Å². The summed E-state index contributed by atoms with van der Waals surface area (Å²) >= 11 is 0. The van der Waals surface area contributed by atoms with Crippen molar-refractivity contribution in [2.24, 2.45) is 16.2 Å². The van der Waals surface area contributed by atoms with E-state index in [9.17, 15) is 0 Å². The highest BCUT2D eigenvalue weighted by Crippen LogP contribution is 2.63. The van der Waals surface area contributed by atoms with Crippen molar-refractivity contribution in [2.75, 3.05) is 14.1 Å². The first-order valence-electron chi connectivity index (χ1n) is 6.70. The van der Waals surface area contributed by atoms with Gasteiger partial charge >= 0.3 is 0 Å². The molecule has 0 radical (unpaired) electrons. The van der Waals surface area contributed by atoms with Crippen LogP contribution < -0.4 is 0 Å². The molecule has 1 rings (SSSR count). The second kappa shape index (κ2) is 4.63. The summed E-state index contributed by atoms with van der Waals surface area (Å²) in [7, 11) is 4.39. The molecule has 0 spiro atoms. The van der Waals surface area contributed by atoms with Crippen LogP contribution in [0, 0.1) is 16.2 Å². The van der Waals surface area contributed by atoms with Gasteiger partial charge in [0.2, 0.25) is 0 Å². The molecule has 0 saturated heterocycles. The summed E-state index contributed by atoms with van der Waals surface area (Å²) in [4.78, 5) is 2.37. The maximum Gasteiger partial charge on any atom is 0.0416 e. The van der Waals surface area contributed by atoms with Gasteiger partial charge in [-0.25, -0.2) is 0 Å². The molecule has 1 nitrogen and oxygen atoms in total. The molecule has 0 aromatic carbocycles. The van der Waals surface area contributed by atoms with Crippen molar-refractivity contribution in [3.8, 4) is 0 Å². The Hall–Kier alpha value is 0.180. The fourth-order valence-corrected chi connectivity index (χ4v) is 3.38. The van der Waals surface area contributed by atoms with Gasteiger partial charge in [-0.3, -0.25) is 4.90 Å². The van der Waals surface area contributed by atoms with Crippen molar-refractivity contribution in [1.82, 2.24) is 4.90 Å². The summed E-state index contributed by atoms with van der Waals surface area (Å²) in [5.41, 5.74) is 2.32. The van der Waals surface area contributed by atoms with Crippen molar-refractivity contribution in [3.05, 3.63) is 11.6 Å². The van der Waals surface area contributed by atoms with Crippen molar-refractivity contribution in [3.63, 3.8) is 0 Å². The van der Waals surface area contributed by atoms with E-state index in [1.54, 1.807) is 0 Å². The second-order valence-electron chi connectivity index (χ2n) is 7.74. The number of rotatable bonds is 1. The van der Waals surface area contributed by atoms with Gasteiger partial charge in [0.05, 0.1) is 0 Å². The molecular weight excluding hydrogens is 286 g/mol. The van der Waals surface area contributed by atoms with Gasteiger partial charge in [0.1, 0.15) is 0 Å². The fraction of sp³-hybridized carbons (Fsp3) is 0.875. The normalized spacial score (nSPS) is 32.7. The van der Waals surface area contributed by atoms with Crippen LogP contribution in [0.1, 0.15) is 55.4 Å². The van der Waals surface area contributed by atoms with E-state index in [0.29, 0.717) is 0 Å². The van der Waals surface area contributed by atoms with E-state index in [2.05, 4.69) is 80.5 Å². The molecule has 0 aliphatic heterocycles. The molecule has 1 aliphatic rings. The summed E-state index contributed by atoms with van der Waals surface area (Å²) in [6, 6.07) is 0. The monoisotopic (exact) mass is 317 g/mol. The van der Waals surface area contributed by atoms with Crippen LogP contribution in [0.4, 0.5) is 0 Å². The average Bonchev–Trinajstić information content (AvgIpc) is 2.14. The predicted octanol–water partition coefficient (Wildman–Crippen LogP) is 4.92. The Morgan fingerprint density at radius 1 is 0.833 bits per heavy atom. The van der Waals surface area contributed by atoms with Crippen LogP contribution in [-0.2, 0) is 0 Å². The smallest absolute Gasteiger partial charge is 0.0416 e. The summed E-state index contributed by atoms with van der Waals surface area (Å²) < 4.78 is 0. The molecular formula is C16H32BrN. The van der Waals surface area contributed by atoms with E-state index in [4.69, 9.17) is 0 Å². The zero-order valence-corrected chi connectivity index (χ0v) is 15.6. The molecule has 0 bridgehead atoms. The largest absolute Gasteiger partial charge is 0.300 e. The lowest BCUT2D eigenvalue weighted by Crippen LogP contribution is -2.64. The summed E-state index contributed by atoms with van der Waals surface area (Å²) in [5, 5.41) is 0. The highest BCUT2D eigenvalue weighted by atomic mass is 79.9. The van der Waals surface area contributed by atoms with Crippen LogP contribution >= 0.6 is 17.0 Å². The van der Waals surface area contributed by atoms with Crippen molar-refractivity contribution < 1.29 is 0 Å². The zero-order valence-electron chi connectivity index (χ0n) is 13.9. The van der Waals surface area contributed by atoms with E-state index in [1.165, 1.54) is 5.57 Å². The lowest BCUT2D eigenvalue weighted by atomic mass is 9.44. The third-order valence-electron chi connectivity index (χ3n) is 6.80. The minimum Gasteiger partial charge on any atom is -0.300 e. The first-order valence-corrected chi connectivity index (χ1v) is 6.70. The number of halogens is 1. The van der Waals surface area contributed by atoms with Crippen LogP contribution in [0.2, 0.25) is 0 Å². The Bertz CT molecular complexity index is 350. The molecule has 0 amide bonds. The molecule has 108 valence electrons. The van der Waals surface area contributed by atoms with Gasteiger partial charge in [-0.05, 0) is 44.2 Å². The highest BCUT2D eigenvalue weighted by molar-refractivity contribution is 8.93. The Kier molecular flexibility index (Phi) is 4.67. The molecule has 1 atom stereocenters. The summed E-state index contributed by atoms with van der Waals surface area (Å²) in [5.74, 6) is 0. The second-order valence-corrected chi connectivity index (χ2v) is 7.74. The molecule has 1 aliphatic carbocycles. The SMILES string of the molecule is Br.CC1=CC(C)(N(C)C)C(C)(C)C(C)(C)C1(C)C. The first kappa shape index (κ1) is 18.2. The Morgan fingerprint density at radius 2 is 1.22 bits per heavy atom. The standard InChI is InChI=1S/C16H31N.BrH/c1-12-11-16(8,17(9)10)15(6,7)14(4,5)13(12,2)3;/h11H,1-10H3;1H. The van der Waals surface area contributed by atoms with Crippen LogP contribution in [0.3, 0.4) is 0 Å². The first-order chi connectivity index (χ1) is 7.32. The molecule has 18 heavy (non-hydrogen) atoms. The molecule has 0 saturated carbocycles. The van der Waals surface area contributed by atoms with Gasteiger partial charge in [0.25, 0.3) is 0 Å². The quantitative estimate of drug-likeness (QED) is 0.620. The lowest BCUT2D eigenvalue weighted by molar-refractivity contribution is -0.0929. The van der Waals surface area contributed by atoms with E-state index in [-0.39, 0.29) is 38.8 Å². The minimum atomic E-state index is 0. The molecule has 0 N–H and O–H groups in total. The molecule has 0 fully saturated rings. The maximum atomic E-state index is 2.48. The molecule has 0 aromatic rings. The summed E-state index contributed by atoms with van der Waals surface area (Å²) in [6.45, 7) is 19.1. The van der Waals surface area contributed by atoms with E-state index < -0.39 is 0 Å². The van der Waals surface area contributed by atoms with E-state index in [1.807, 2.05) is 0 Å². The van der Waals surface area contributed by atoms with Crippen LogP contribution in [0.25, 0.3) is 0 Å². The lowest BCUT2D eigenvalue weighted by Gasteiger charge is -2.64. The molecule has 0 heterocycles. The maximum absolute atomic E-state index is 2.48. The Labute approximate surface area is 125 Å². The van der Waals surface area contributed by atoms with Crippen molar-refractivity contribution in [1.29, 1.82) is 0 Å². The van der Waals surface area contributed by atoms with Gasteiger partial charge in [-0.2, -0.15) is 0 Å². The van der Waals surface area contributed by atoms with Crippen LogP contribution in [0.5, 0.6) is 0 Å². The van der Waals surface area contributed by atoms with Gasteiger partial charge < -0.3 is 0 Å². The van der Waals surface area contributed by atoms with Crippen molar-refractivity contribution in [2.45, 2.75) is 60.9 Å². The number of hydrogen-bond acceptors (Lipinski definition) is 1. The Morgan fingerprint density at radius 3 is 1.56 bits per heavy atom. The van der Waals surface area contributed by atoms with Gasteiger partial charge in [0.15, 0.2) is 0 Å². The summed E-state index contributed by atoms with van der Waals surface area (Å²) in [6.07, 6.45) is 2.48. The van der Waals surface area contributed by atoms with Gasteiger partial charge in [0, 0.05) is 5.54 Å². The Balaban J connectivity index is 0.00000289. The number of nitrogens with zero attached hydrogens (tertiary/aromatic N) is 1. The fourth-order valence-electron chi connectivity index (χ4n) is 3.38.